The zero-order valence-corrected chi connectivity index (χ0v) is 19.5. The molecule has 0 bridgehead atoms. The Kier molecular flexibility index (Phi) is 6.26. The number of carbonyl (C=O) groups excluding carboxylic acids is 1. The number of aryl methyl sites for hydroxylation is 1. The van der Waals surface area contributed by atoms with Crippen molar-refractivity contribution in [1.29, 1.82) is 5.26 Å². The van der Waals surface area contributed by atoms with Gasteiger partial charge in [0, 0.05) is 52.1 Å². The number of anilines is 1. The number of hydrogen-bond donors (Lipinski definition) is 1. The second-order valence-corrected chi connectivity index (χ2v) is 8.41. The van der Waals surface area contributed by atoms with Crippen molar-refractivity contribution in [3.63, 3.8) is 0 Å². The van der Waals surface area contributed by atoms with Crippen LogP contribution in [-0.2, 0) is 13.7 Å². The lowest BCUT2D eigenvalue weighted by Gasteiger charge is -2.37. The van der Waals surface area contributed by atoms with E-state index in [1.807, 2.05) is 11.0 Å². The summed E-state index contributed by atoms with van der Waals surface area (Å²) in [4.78, 5) is 30.2. The Morgan fingerprint density at radius 2 is 2.03 bits per heavy atom. The van der Waals surface area contributed by atoms with E-state index < -0.39 is 11.9 Å². The predicted molar refractivity (Wildman–Crippen MR) is 126 cm³/mol. The van der Waals surface area contributed by atoms with Crippen molar-refractivity contribution in [2.24, 2.45) is 12.1 Å². The molecule has 1 N–H and O–H groups in total. The van der Waals surface area contributed by atoms with Crippen molar-refractivity contribution in [3.05, 3.63) is 53.2 Å². The number of nitriles is 1. The number of aromatic nitrogens is 5. The molecule has 0 radical (unpaired) electrons. The minimum atomic E-state index is -0.520. The van der Waals surface area contributed by atoms with Gasteiger partial charge >= 0.3 is 6.03 Å². The predicted octanol–water partition coefficient (Wildman–Crippen LogP) is 1.45. The first kappa shape index (κ1) is 23.3. The maximum Gasteiger partial charge on any atom is 0.341 e. The summed E-state index contributed by atoms with van der Waals surface area (Å²) in [5.74, 6) is 0.818. The number of aliphatic hydroxyl groups is 1. The largest absolute Gasteiger partial charge is 0.388 e. The van der Waals surface area contributed by atoms with Crippen LogP contribution < -0.4 is 4.90 Å². The third-order valence-electron chi connectivity index (χ3n) is 6.11. The Bertz CT molecular complexity index is 1360. The highest BCUT2D eigenvalue weighted by Gasteiger charge is 2.34. The minimum absolute atomic E-state index is 0.203. The van der Waals surface area contributed by atoms with E-state index in [1.165, 1.54) is 11.1 Å². The van der Waals surface area contributed by atoms with Crippen LogP contribution in [0.1, 0.15) is 29.4 Å². The highest BCUT2D eigenvalue weighted by molar-refractivity contribution is 5.79. The molecule has 1 unspecified atom stereocenters. The Balaban J connectivity index is 1.26. The van der Waals surface area contributed by atoms with E-state index in [4.69, 9.17) is 5.26 Å². The summed E-state index contributed by atoms with van der Waals surface area (Å²) in [5.41, 5.74) is 1.32. The Morgan fingerprint density at radius 1 is 1.22 bits per heavy atom. The first-order chi connectivity index (χ1) is 17.5. The van der Waals surface area contributed by atoms with E-state index in [1.54, 1.807) is 41.2 Å². The van der Waals surface area contributed by atoms with Crippen LogP contribution in [0.3, 0.4) is 0 Å². The fourth-order valence-corrected chi connectivity index (χ4v) is 4.34. The monoisotopic (exact) mass is 490 g/mol. The lowest BCUT2D eigenvalue weighted by molar-refractivity contribution is 0.139. The first-order valence-electron chi connectivity index (χ1n) is 11.4. The number of piperazine rings is 1. The van der Waals surface area contributed by atoms with E-state index in [0.717, 1.165) is 6.07 Å². The number of benzene rings is 1. The number of urea groups is 1. The van der Waals surface area contributed by atoms with Crippen LogP contribution in [0.2, 0.25) is 0 Å². The summed E-state index contributed by atoms with van der Waals surface area (Å²) < 4.78 is 15.5. The van der Waals surface area contributed by atoms with Crippen molar-refractivity contribution < 1.29 is 14.3 Å². The summed E-state index contributed by atoms with van der Waals surface area (Å²) >= 11 is 0. The van der Waals surface area contributed by atoms with Gasteiger partial charge in [0.1, 0.15) is 18.1 Å². The van der Waals surface area contributed by atoms with Crippen LogP contribution in [-0.4, -0.2) is 78.2 Å². The molecular weight excluding hydrogens is 467 g/mol. The maximum atomic E-state index is 14.0. The standard InChI is InChI=1S/C23H23FN10O2/c1-31-21(29-20(14-35)30-31)18-2-4-26-22(28-18)32-6-8-33(9-7-32)23(36)34-19(3-5-27-34)16-10-15(13-25)11-17(24)12-16/h2,4-5,10-12,19,35H,3,6-9,14H2,1H3. The lowest BCUT2D eigenvalue weighted by atomic mass is 10.0. The highest BCUT2D eigenvalue weighted by Crippen LogP contribution is 2.30. The van der Waals surface area contributed by atoms with Crippen molar-refractivity contribution >= 4 is 18.2 Å². The Labute approximate surface area is 205 Å². The number of rotatable bonds is 4. The number of carbonyl (C=O) groups is 1. The molecular formula is C23H23FN10O2. The number of hydrogen-bond acceptors (Lipinski definition) is 9. The second kappa shape index (κ2) is 9.67. The van der Waals surface area contributed by atoms with Crippen LogP contribution in [0, 0.1) is 17.1 Å². The zero-order valence-electron chi connectivity index (χ0n) is 19.5. The summed E-state index contributed by atoms with van der Waals surface area (Å²) in [5, 5.41) is 28.2. The molecule has 4 heterocycles. The van der Waals surface area contributed by atoms with Gasteiger partial charge in [-0.3, -0.25) is 0 Å². The molecule has 184 valence electrons. The maximum absolute atomic E-state index is 14.0. The average molecular weight is 491 g/mol. The molecule has 2 aromatic heterocycles. The van der Waals surface area contributed by atoms with Gasteiger partial charge in [0.2, 0.25) is 5.95 Å². The van der Waals surface area contributed by atoms with E-state index in [2.05, 4.69) is 25.2 Å². The van der Waals surface area contributed by atoms with Crippen LogP contribution in [0.15, 0.2) is 35.6 Å². The van der Waals surface area contributed by atoms with Crippen LogP contribution in [0.5, 0.6) is 0 Å². The van der Waals surface area contributed by atoms with Gasteiger partial charge in [0.05, 0.1) is 17.7 Å². The molecule has 36 heavy (non-hydrogen) atoms. The minimum Gasteiger partial charge on any atom is -0.388 e. The zero-order chi connectivity index (χ0) is 25.2. The fourth-order valence-electron chi connectivity index (χ4n) is 4.34. The van der Waals surface area contributed by atoms with Gasteiger partial charge in [-0.25, -0.2) is 33.8 Å². The topological polar surface area (TPSA) is 140 Å². The summed E-state index contributed by atoms with van der Waals surface area (Å²) in [6.07, 6.45) is 3.71. The molecule has 0 saturated carbocycles. The van der Waals surface area contributed by atoms with E-state index in [9.17, 15) is 14.3 Å². The van der Waals surface area contributed by atoms with Gasteiger partial charge in [0.25, 0.3) is 0 Å². The quantitative estimate of drug-likeness (QED) is 0.580. The molecule has 2 amide bonds. The highest BCUT2D eigenvalue weighted by atomic mass is 19.1. The number of aliphatic hydroxyl groups excluding tert-OH is 1. The molecule has 0 spiro atoms. The number of nitrogens with zero attached hydrogens (tertiary/aromatic N) is 10. The smallest absolute Gasteiger partial charge is 0.341 e. The van der Waals surface area contributed by atoms with Crippen molar-refractivity contribution in [3.8, 4) is 17.6 Å². The Morgan fingerprint density at radius 3 is 2.75 bits per heavy atom. The SMILES string of the molecule is Cn1nc(CO)nc1-c1ccnc(N2CCN(C(=O)N3N=CCC3c3cc(F)cc(C#N)c3)CC2)n1. The van der Waals surface area contributed by atoms with Crippen molar-refractivity contribution in [2.45, 2.75) is 19.1 Å². The van der Waals surface area contributed by atoms with E-state index in [-0.39, 0.29) is 18.2 Å². The number of amides is 2. The van der Waals surface area contributed by atoms with Gasteiger partial charge in [-0.05, 0) is 29.8 Å². The lowest BCUT2D eigenvalue weighted by Crippen LogP contribution is -2.52. The molecule has 1 aromatic carbocycles. The third-order valence-corrected chi connectivity index (χ3v) is 6.11. The van der Waals surface area contributed by atoms with Gasteiger partial charge in [-0.1, -0.05) is 0 Å². The average Bonchev–Trinajstić information content (AvgIpc) is 3.55. The van der Waals surface area contributed by atoms with Crippen LogP contribution in [0.4, 0.5) is 15.1 Å². The number of hydrazone groups is 1. The number of halogens is 1. The molecule has 0 aliphatic carbocycles. The fraction of sp³-hybridized carbons (Fsp3) is 0.348. The Hall–Kier alpha value is -4.44. The van der Waals surface area contributed by atoms with E-state index >= 15 is 0 Å². The normalized spacial score (nSPS) is 17.5. The molecule has 2 aliphatic heterocycles. The van der Waals surface area contributed by atoms with Gasteiger partial charge in [-0.15, -0.1) is 0 Å². The van der Waals surface area contributed by atoms with Crippen LogP contribution in [0.25, 0.3) is 11.5 Å². The second-order valence-electron chi connectivity index (χ2n) is 8.41. The van der Waals surface area contributed by atoms with Crippen molar-refractivity contribution in [2.75, 3.05) is 31.1 Å². The van der Waals surface area contributed by atoms with Crippen LogP contribution >= 0.6 is 0 Å². The third kappa shape index (κ3) is 4.46. The molecule has 1 atom stereocenters. The van der Waals surface area contributed by atoms with Gasteiger partial charge in [-0.2, -0.15) is 15.5 Å². The molecule has 3 aromatic rings. The van der Waals surface area contributed by atoms with Gasteiger partial charge in [0.15, 0.2) is 11.6 Å². The van der Waals surface area contributed by atoms with Gasteiger partial charge < -0.3 is 14.9 Å². The summed E-state index contributed by atoms with van der Waals surface area (Å²) in [6.45, 7) is 1.61. The summed E-state index contributed by atoms with van der Waals surface area (Å²) in [6, 6.07) is 7.02. The molecule has 2 aliphatic rings. The molecule has 13 heteroatoms. The molecule has 12 nitrogen and oxygen atoms in total. The first-order valence-corrected chi connectivity index (χ1v) is 11.4. The van der Waals surface area contributed by atoms with Crippen molar-refractivity contribution in [1.82, 2.24) is 34.6 Å². The van der Waals surface area contributed by atoms with E-state index in [0.29, 0.717) is 61.5 Å². The summed E-state index contributed by atoms with van der Waals surface area (Å²) in [7, 11) is 1.73. The molecule has 1 saturated heterocycles. The molecule has 1 fully saturated rings. The molecule has 5 rings (SSSR count).